The van der Waals surface area contributed by atoms with Gasteiger partial charge in [0, 0.05) is 11.4 Å². The molecule has 100 valence electrons. The Morgan fingerprint density at radius 3 is 2.44 bits per heavy atom. The summed E-state index contributed by atoms with van der Waals surface area (Å²) in [5.41, 5.74) is 0.362. The standard InChI is InChI=1S/C12H14Br2O4/c1-4-5-8(17-7(3)15)9-10(14)11(6(2)13)18-12(9)16/h8H,4-5H2,1-3H3/b11-6-/t8-/m1/s1. The third kappa shape index (κ3) is 3.45. The van der Waals surface area contributed by atoms with Crippen molar-refractivity contribution in [3.05, 3.63) is 20.3 Å². The summed E-state index contributed by atoms with van der Waals surface area (Å²) in [4.78, 5) is 22.9. The van der Waals surface area contributed by atoms with Crippen molar-refractivity contribution in [2.75, 3.05) is 0 Å². The summed E-state index contributed by atoms with van der Waals surface area (Å²) in [5, 5.41) is 0. The Bertz CT molecular complexity index is 433. The Kier molecular flexibility index (Phi) is 5.59. The summed E-state index contributed by atoms with van der Waals surface area (Å²) in [7, 11) is 0. The SMILES string of the molecule is CCC[C@@H](OC(C)=O)C1=C(Br)/C(=C(\C)Br)OC1=O. The van der Waals surface area contributed by atoms with Crippen LogP contribution in [0.4, 0.5) is 0 Å². The molecule has 1 rings (SSSR count). The molecule has 0 aromatic heterocycles. The van der Waals surface area contributed by atoms with Crippen LogP contribution < -0.4 is 0 Å². The number of carbonyl (C=O) groups is 2. The summed E-state index contributed by atoms with van der Waals surface area (Å²) in [5.74, 6) is -0.458. The maximum atomic E-state index is 11.8. The number of allylic oxidation sites excluding steroid dienone is 2. The zero-order valence-corrected chi connectivity index (χ0v) is 13.6. The molecule has 0 aromatic rings. The summed E-state index contributed by atoms with van der Waals surface area (Å²) < 4.78 is 11.6. The van der Waals surface area contributed by atoms with Crippen LogP contribution in [0, 0.1) is 0 Å². The molecule has 1 aliphatic rings. The molecule has 18 heavy (non-hydrogen) atoms. The van der Waals surface area contributed by atoms with Crippen molar-refractivity contribution in [3.8, 4) is 0 Å². The average molecular weight is 382 g/mol. The van der Waals surface area contributed by atoms with Crippen LogP contribution in [0.3, 0.4) is 0 Å². The Morgan fingerprint density at radius 1 is 1.44 bits per heavy atom. The fourth-order valence-corrected chi connectivity index (χ4v) is 2.96. The van der Waals surface area contributed by atoms with Crippen LogP contribution in [-0.2, 0) is 19.1 Å². The first-order valence-electron chi connectivity index (χ1n) is 5.54. The first-order chi connectivity index (χ1) is 8.38. The van der Waals surface area contributed by atoms with Gasteiger partial charge in [0.15, 0.2) is 5.76 Å². The highest BCUT2D eigenvalue weighted by atomic mass is 79.9. The quantitative estimate of drug-likeness (QED) is 0.698. The van der Waals surface area contributed by atoms with Crippen LogP contribution >= 0.6 is 31.9 Å². The predicted octanol–water partition coefficient (Wildman–Crippen LogP) is 3.55. The molecule has 0 amide bonds. The van der Waals surface area contributed by atoms with E-state index in [1.165, 1.54) is 6.92 Å². The van der Waals surface area contributed by atoms with Crippen molar-refractivity contribution in [2.45, 2.75) is 39.7 Å². The maximum Gasteiger partial charge on any atom is 0.344 e. The van der Waals surface area contributed by atoms with Crippen molar-refractivity contribution < 1.29 is 19.1 Å². The van der Waals surface area contributed by atoms with Gasteiger partial charge >= 0.3 is 11.9 Å². The van der Waals surface area contributed by atoms with Crippen molar-refractivity contribution >= 4 is 43.8 Å². The number of carbonyl (C=O) groups excluding carboxylic acids is 2. The Morgan fingerprint density at radius 2 is 2.06 bits per heavy atom. The minimum atomic E-state index is -0.571. The third-order valence-electron chi connectivity index (χ3n) is 2.34. The van der Waals surface area contributed by atoms with Gasteiger partial charge in [-0.1, -0.05) is 29.3 Å². The number of esters is 2. The monoisotopic (exact) mass is 380 g/mol. The van der Waals surface area contributed by atoms with Gasteiger partial charge in [0.1, 0.15) is 6.10 Å². The normalized spacial score (nSPS) is 19.7. The van der Waals surface area contributed by atoms with E-state index in [-0.39, 0.29) is 0 Å². The van der Waals surface area contributed by atoms with Crippen LogP contribution in [0.15, 0.2) is 20.3 Å². The molecule has 1 aliphatic heterocycles. The molecule has 0 bridgehead atoms. The van der Waals surface area contributed by atoms with E-state index in [1.807, 2.05) is 6.92 Å². The second-order valence-corrected chi connectivity index (χ2v) is 5.85. The van der Waals surface area contributed by atoms with E-state index in [1.54, 1.807) is 6.92 Å². The van der Waals surface area contributed by atoms with Crippen LogP contribution in [0.25, 0.3) is 0 Å². The molecule has 0 aliphatic carbocycles. The molecule has 0 saturated heterocycles. The van der Waals surface area contributed by atoms with E-state index in [0.29, 0.717) is 26.7 Å². The van der Waals surface area contributed by atoms with Gasteiger partial charge in [-0.05, 0) is 29.3 Å². The van der Waals surface area contributed by atoms with Gasteiger partial charge in [-0.3, -0.25) is 4.79 Å². The molecule has 4 nitrogen and oxygen atoms in total. The summed E-state index contributed by atoms with van der Waals surface area (Å²) in [6, 6.07) is 0. The number of ether oxygens (including phenoxy) is 2. The lowest BCUT2D eigenvalue weighted by molar-refractivity contribution is -0.146. The molecule has 6 heteroatoms. The van der Waals surface area contributed by atoms with Gasteiger partial charge in [0.25, 0.3) is 0 Å². The molecule has 0 radical (unpaired) electrons. The zero-order chi connectivity index (χ0) is 13.9. The van der Waals surface area contributed by atoms with Gasteiger partial charge in [-0.2, -0.15) is 0 Å². The fraction of sp³-hybridized carbons (Fsp3) is 0.500. The number of hydrogen-bond donors (Lipinski definition) is 0. The van der Waals surface area contributed by atoms with E-state index in [9.17, 15) is 9.59 Å². The smallest absolute Gasteiger partial charge is 0.344 e. The second kappa shape index (κ2) is 6.52. The number of halogens is 2. The van der Waals surface area contributed by atoms with Crippen LogP contribution in [-0.4, -0.2) is 18.0 Å². The summed E-state index contributed by atoms with van der Waals surface area (Å²) in [6.45, 7) is 5.05. The Hall–Kier alpha value is -0.620. The topological polar surface area (TPSA) is 52.6 Å². The zero-order valence-electron chi connectivity index (χ0n) is 10.4. The molecular formula is C12H14Br2O4. The summed E-state index contributed by atoms with van der Waals surface area (Å²) >= 11 is 6.59. The Labute approximate surface area is 123 Å². The van der Waals surface area contributed by atoms with E-state index in [4.69, 9.17) is 9.47 Å². The van der Waals surface area contributed by atoms with Gasteiger partial charge in [-0.15, -0.1) is 0 Å². The van der Waals surface area contributed by atoms with E-state index < -0.39 is 18.0 Å². The molecule has 1 heterocycles. The average Bonchev–Trinajstić information content (AvgIpc) is 2.53. The van der Waals surface area contributed by atoms with Crippen LogP contribution in [0.2, 0.25) is 0 Å². The van der Waals surface area contributed by atoms with Crippen molar-refractivity contribution in [1.29, 1.82) is 0 Å². The molecule has 0 N–H and O–H groups in total. The minimum absolute atomic E-state index is 0.362. The number of rotatable bonds is 4. The van der Waals surface area contributed by atoms with Crippen molar-refractivity contribution in [3.63, 3.8) is 0 Å². The lowest BCUT2D eigenvalue weighted by Gasteiger charge is -2.15. The molecule has 0 aromatic carbocycles. The molecule has 1 atom stereocenters. The molecule has 0 unspecified atom stereocenters. The highest BCUT2D eigenvalue weighted by Crippen LogP contribution is 2.37. The lowest BCUT2D eigenvalue weighted by atomic mass is 10.1. The number of cyclic esters (lactones) is 1. The van der Waals surface area contributed by atoms with Crippen molar-refractivity contribution in [1.82, 2.24) is 0 Å². The highest BCUT2D eigenvalue weighted by Gasteiger charge is 2.36. The first kappa shape index (κ1) is 15.4. The molecule has 0 saturated carbocycles. The van der Waals surface area contributed by atoms with Crippen LogP contribution in [0.1, 0.15) is 33.6 Å². The van der Waals surface area contributed by atoms with Crippen LogP contribution in [0.5, 0.6) is 0 Å². The third-order valence-corrected chi connectivity index (χ3v) is 3.49. The maximum absolute atomic E-state index is 11.8. The second-order valence-electron chi connectivity index (χ2n) is 3.87. The lowest BCUT2D eigenvalue weighted by Crippen LogP contribution is -2.22. The number of hydrogen-bond acceptors (Lipinski definition) is 4. The molecular weight excluding hydrogens is 368 g/mol. The molecule has 0 fully saturated rings. The van der Waals surface area contributed by atoms with Gasteiger partial charge < -0.3 is 9.47 Å². The van der Waals surface area contributed by atoms with E-state index in [2.05, 4.69) is 31.9 Å². The first-order valence-corrected chi connectivity index (χ1v) is 7.12. The fourth-order valence-electron chi connectivity index (χ4n) is 1.62. The predicted molar refractivity (Wildman–Crippen MR) is 74.1 cm³/mol. The highest BCUT2D eigenvalue weighted by molar-refractivity contribution is 9.12. The van der Waals surface area contributed by atoms with E-state index >= 15 is 0 Å². The van der Waals surface area contributed by atoms with Gasteiger partial charge in [0.05, 0.1) is 10.1 Å². The van der Waals surface area contributed by atoms with E-state index in [0.717, 1.165) is 6.42 Å². The molecule has 0 spiro atoms. The van der Waals surface area contributed by atoms with Gasteiger partial charge in [-0.25, -0.2) is 4.79 Å². The van der Waals surface area contributed by atoms with Gasteiger partial charge in [0.2, 0.25) is 0 Å². The summed E-state index contributed by atoms with van der Waals surface area (Å²) in [6.07, 6.45) is 0.799. The largest absolute Gasteiger partial charge is 0.457 e. The minimum Gasteiger partial charge on any atom is -0.457 e. The Balaban J connectivity index is 3.13. The van der Waals surface area contributed by atoms with Crippen molar-refractivity contribution in [2.24, 2.45) is 0 Å².